The van der Waals surface area contributed by atoms with Crippen LogP contribution in [0.15, 0.2) is 36.7 Å². The number of aliphatic hydroxyl groups excluding tert-OH is 1. The molecule has 0 saturated heterocycles. The summed E-state index contributed by atoms with van der Waals surface area (Å²) in [6.07, 6.45) is 2.35. The van der Waals surface area contributed by atoms with E-state index in [4.69, 9.17) is 4.74 Å². The predicted octanol–water partition coefficient (Wildman–Crippen LogP) is 4.32. The number of nitrogens with zero attached hydrogens (tertiary/aromatic N) is 3. The molecule has 2 aromatic heterocycles. The Bertz CT molecular complexity index is 1000. The fourth-order valence-corrected chi connectivity index (χ4v) is 3.66. The highest BCUT2D eigenvalue weighted by Crippen LogP contribution is 2.45. The number of alkyl halides is 1. The molecule has 0 aliphatic heterocycles. The molecule has 0 fully saturated rings. The monoisotopic (exact) mass is 425 g/mol. The number of aromatic nitrogens is 2. The van der Waals surface area contributed by atoms with Gasteiger partial charge in [0.15, 0.2) is 5.82 Å². The first-order valence-corrected chi connectivity index (χ1v) is 9.48. The maximum atomic E-state index is 16.9. The summed E-state index contributed by atoms with van der Waals surface area (Å²) in [4.78, 5) is 4.61. The van der Waals surface area contributed by atoms with Gasteiger partial charge in [-0.05, 0) is 37.7 Å². The lowest BCUT2D eigenvalue weighted by Gasteiger charge is -2.36. The number of pyridine rings is 1. The Hall–Kier alpha value is -2.65. The molecule has 0 radical (unpaired) electrons. The molecule has 162 valence electrons. The Morgan fingerprint density at radius 2 is 2.03 bits per heavy atom. The van der Waals surface area contributed by atoms with Crippen molar-refractivity contribution in [1.82, 2.24) is 14.7 Å². The summed E-state index contributed by atoms with van der Waals surface area (Å²) in [5.41, 5.74) is -1.64. The lowest BCUT2D eigenvalue weighted by Crippen LogP contribution is -2.46. The molecule has 0 saturated carbocycles. The number of rotatable bonds is 8. The molecule has 3 aromatic rings. The third-order valence-electron chi connectivity index (χ3n) is 5.12. The number of methoxy groups -OCH3 is 1. The van der Waals surface area contributed by atoms with E-state index in [-0.39, 0.29) is 28.0 Å². The second kappa shape index (κ2) is 8.61. The Morgan fingerprint density at radius 1 is 1.30 bits per heavy atom. The number of likely N-dealkylation sites (N-methyl/N-ethyl adjacent to an activating group) is 1. The molecule has 2 atom stereocenters. The smallest absolute Gasteiger partial charge is 0.239 e. The molecule has 1 N–H and O–H groups in total. The first kappa shape index (κ1) is 22.0. The van der Waals surface area contributed by atoms with Crippen LogP contribution in [0.4, 0.5) is 17.7 Å². The van der Waals surface area contributed by atoms with Crippen LogP contribution in [0.3, 0.4) is 0 Å². The molecule has 0 bridgehead atoms. The molecule has 2 unspecified atom stereocenters. The molecule has 30 heavy (non-hydrogen) atoms. The van der Waals surface area contributed by atoms with Crippen LogP contribution in [0, 0.1) is 11.6 Å². The van der Waals surface area contributed by atoms with Crippen molar-refractivity contribution in [2.45, 2.75) is 31.7 Å². The lowest BCUT2D eigenvalue weighted by molar-refractivity contribution is -0.0276. The quantitative estimate of drug-likeness (QED) is 0.432. The highest BCUT2D eigenvalue weighted by molar-refractivity contribution is 5.81. The van der Waals surface area contributed by atoms with Crippen LogP contribution < -0.4 is 4.74 Å². The summed E-state index contributed by atoms with van der Waals surface area (Å²) in [5, 5.41) is 9.99. The number of hydrogen-bond donors (Lipinski definition) is 1. The average Bonchev–Trinajstić information content (AvgIpc) is 2.98. The standard InChI is InChI=1S/C21H23F4N3O2/c1-4-5-14(29)12-27(2)21(24,16-10-13(22)6-7-18(16)30-3)20-19(23)15-11-26-9-8-17(15)28(20)25/h6-11,14,29H,4-5,12H2,1-3H3. The van der Waals surface area contributed by atoms with Crippen LogP contribution in [0.2, 0.25) is 0 Å². The normalized spacial score (nSPS) is 14.8. The van der Waals surface area contributed by atoms with E-state index in [0.717, 1.165) is 23.2 Å². The van der Waals surface area contributed by atoms with Crippen LogP contribution in [-0.2, 0) is 5.79 Å². The minimum absolute atomic E-state index is 0.0986. The van der Waals surface area contributed by atoms with E-state index in [2.05, 4.69) is 4.98 Å². The molecule has 0 amide bonds. The van der Waals surface area contributed by atoms with Gasteiger partial charge < -0.3 is 9.84 Å². The second-order valence-electron chi connectivity index (χ2n) is 7.13. The van der Waals surface area contributed by atoms with Gasteiger partial charge in [0.1, 0.15) is 17.3 Å². The molecule has 9 heteroatoms. The molecule has 0 aliphatic carbocycles. The number of fused-ring (bicyclic) bond motifs is 1. The van der Waals surface area contributed by atoms with Crippen molar-refractivity contribution in [3.05, 3.63) is 59.6 Å². The average molecular weight is 425 g/mol. The summed E-state index contributed by atoms with van der Waals surface area (Å²) in [6, 6.07) is 4.27. The third-order valence-corrected chi connectivity index (χ3v) is 5.12. The van der Waals surface area contributed by atoms with Gasteiger partial charge in [-0.2, -0.15) is 4.79 Å². The van der Waals surface area contributed by atoms with Crippen LogP contribution in [0.1, 0.15) is 31.0 Å². The lowest BCUT2D eigenvalue weighted by atomic mass is 9.96. The van der Waals surface area contributed by atoms with Crippen molar-refractivity contribution in [2.24, 2.45) is 0 Å². The third kappa shape index (κ3) is 3.63. The van der Waals surface area contributed by atoms with Crippen LogP contribution in [-0.4, -0.2) is 46.6 Å². The van der Waals surface area contributed by atoms with Gasteiger partial charge in [0, 0.05) is 18.9 Å². The minimum atomic E-state index is -3.00. The van der Waals surface area contributed by atoms with E-state index >= 15 is 13.3 Å². The fourth-order valence-electron chi connectivity index (χ4n) is 3.66. The first-order chi connectivity index (χ1) is 14.2. The Labute approximate surface area is 171 Å². The zero-order valence-electron chi connectivity index (χ0n) is 16.9. The largest absolute Gasteiger partial charge is 0.496 e. The summed E-state index contributed by atoms with van der Waals surface area (Å²) in [5.74, 6) is -5.08. The van der Waals surface area contributed by atoms with E-state index < -0.39 is 34.8 Å². The highest BCUT2D eigenvalue weighted by Gasteiger charge is 2.48. The van der Waals surface area contributed by atoms with E-state index in [1.54, 1.807) is 0 Å². The maximum absolute atomic E-state index is 16.9. The molecular weight excluding hydrogens is 402 g/mol. The van der Waals surface area contributed by atoms with Crippen molar-refractivity contribution in [3.63, 3.8) is 0 Å². The molecule has 0 spiro atoms. The summed E-state index contributed by atoms with van der Waals surface area (Å²) in [6.45, 7) is 1.58. The second-order valence-corrected chi connectivity index (χ2v) is 7.13. The van der Waals surface area contributed by atoms with E-state index in [1.165, 1.54) is 32.5 Å². The number of halogens is 4. The van der Waals surface area contributed by atoms with Crippen molar-refractivity contribution >= 4 is 10.9 Å². The summed E-state index contributed by atoms with van der Waals surface area (Å²) in [7, 11) is 2.51. The zero-order valence-corrected chi connectivity index (χ0v) is 16.9. The topological polar surface area (TPSA) is 50.5 Å². The van der Waals surface area contributed by atoms with Gasteiger partial charge in [0.2, 0.25) is 5.79 Å². The Kier molecular flexibility index (Phi) is 6.33. The molecule has 3 rings (SSSR count). The highest BCUT2D eigenvalue weighted by atomic mass is 19.2. The zero-order chi connectivity index (χ0) is 22.1. The van der Waals surface area contributed by atoms with Gasteiger partial charge in [0.25, 0.3) is 0 Å². The summed E-state index contributed by atoms with van der Waals surface area (Å²) < 4.78 is 66.7. The summed E-state index contributed by atoms with van der Waals surface area (Å²) >= 11 is 0. The first-order valence-electron chi connectivity index (χ1n) is 9.48. The number of aliphatic hydroxyl groups is 1. The van der Waals surface area contributed by atoms with Gasteiger partial charge in [-0.25, -0.2) is 13.2 Å². The number of benzene rings is 1. The van der Waals surface area contributed by atoms with E-state index in [9.17, 15) is 9.50 Å². The van der Waals surface area contributed by atoms with Crippen LogP contribution in [0.5, 0.6) is 5.75 Å². The van der Waals surface area contributed by atoms with Gasteiger partial charge in [0.05, 0.1) is 29.7 Å². The molecular formula is C21H23F4N3O2. The van der Waals surface area contributed by atoms with Gasteiger partial charge in [-0.1, -0.05) is 17.8 Å². The SMILES string of the molecule is CCCC(O)CN(C)C(F)(c1cc(F)ccc1OC)c1c(F)c2cnccc2n1F. The molecule has 1 aromatic carbocycles. The molecule has 0 aliphatic rings. The van der Waals surface area contributed by atoms with Crippen molar-refractivity contribution in [3.8, 4) is 5.75 Å². The Balaban J connectivity index is 2.30. The van der Waals surface area contributed by atoms with Crippen molar-refractivity contribution in [1.29, 1.82) is 0 Å². The van der Waals surface area contributed by atoms with Gasteiger partial charge >= 0.3 is 0 Å². The van der Waals surface area contributed by atoms with Gasteiger partial charge in [-0.15, -0.1) is 0 Å². The van der Waals surface area contributed by atoms with Crippen LogP contribution in [0.25, 0.3) is 10.9 Å². The molecule has 2 heterocycles. The number of hydrogen-bond acceptors (Lipinski definition) is 4. The predicted molar refractivity (Wildman–Crippen MR) is 105 cm³/mol. The van der Waals surface area contributed by atoms with Crippen molar-refractivity contribution < 1.29 is 27.5 Å². The fraction of sp³-hybridized carbons (Fsp3) is 0.381. The van der Waals surface area contributed by atoms with E-state index in [0.29, 0.717) is 12.8 Å². The maximum Gasteiger partial charge on any atom is 0.239 e. The van der Waals surface area contributed by atoms with E-state index in [1.807, 2.05) is 6.92 Å². The number of ether oxygens (including phenoxy) is 1. The van der Waals surface area contributed by atoms with Gasteiger partial charge in [-0.3, -0.25) is 9.88 Å². The Morgan fingerprint density at radius 3 is 2.67 bits per heavy atom. The molecule has 5 nitrogen and oxygen atoms in total. The van der Waals surface area contributed by atoms with Crippen molar-refractivity contribution in [2.75, 3.05) is 20.7 Å². The van der Waals surface area contributed by atoms with Crippen LogP contribution >= 0.6 is 0 Å². The minimum Gasteiger partial charge on any atom is -0.496 e.